The molecule has 1 aliphatic rings. The highest BCUT2D eigenvalue weighted by Gasteiger charge is 2.29. The molecule has 3 heterocycles. The number of aromatic nitrogens is 2. The first-order valence-electron chi connectivity index (χ1n) is 9.29. The molecule has 5 rings (SSSR count). The number of rotatable bonds is 2. The number of aryl methyl sites for hydroxylation is 2. The van der Waals surface area contributed by atoms with Gasteiger partial charge in [0.05, 0.1) is 12.2 Å². The molecule has 28 heavy (non-hydrogen) atoms. The third-order valence-corrected chi connectivity index (χ3v) is 5.26. The molecule has 0 saturated heterocycles. The Bertz CT molecular complexity index is 1210. The quantitative estimate of drug-likeness (QED) is 0.515. The van der Waals surface area contributed by atoms with Gasteiger partial charge in [0.2, 0.25) is 0 Å². The Morgan fingerprint density at radius 2 is 1.89 bits per heavy atom. The van der Waals surface area contributed by atoms with Gasteiger partial charge in [0, 0.05) is 34.8 Å². The van der Waals surface area contributed by atoms with Crippen LogP contribution in [0.1, 0.15) is 32.9 Å². The summed E-state index contributed by atoms with van der Waals surface area (Å²) >= 11 is 0. The topological polar surface area (TPSA) is 59.2 Å². The minimum atomic E-state index is -0.106. The Morgan fingerprint density at radius 1 is 1.07 bits per heavy atom. The second-order valence-corrected chi connectivity index (χ2v) is 7.25. The van der Waals surface area contributed by atoms with Crippen molar-refractivity contribution in [3.63, 3.8) is 0 Å². The second kappa shape index (κ2) is 6.30. The lowest BCUT2D eigenvalue weighted by Crippen LogP contribution is -2.25. The lowest BCUT2D eigenvalue weighted by molar-refractivity contribution is 0.0719. The molecule has 0 radical (unpaired) electrons. The van der Waals surface area contributed by atoms with E-state index in [-0.39, 0.29) is 5.91 Å². The van der Waals surface area contributed by atoms with Crippen molar-refractivity contribution >= 4 is 16.9 Å². The number of nitrogens with zero attached hydrogens (tertiary/aromatic N) is 3. The first-order valence-corrected chi connectivity index (χ1v) is 9.29. The fourth-order valence-electron chi connectivity index (χ4n) is 3.70. The summed E-state index contributed by atoms with van der Waals surface area (Å²) in [5, 5.41) is 0.983. The van der Waals surface area contributed by atoms with Gasteiger partial charge < -0.3 is 9.32 Å². The molecule has 0 fully saturated rings. The van der Waals surface area contributed by atoms with Gasteiger partial charge in [-0.15, -0.1) is 0 Å². The number of carbonyl (C=O) groups is 1. The highest BCUT2D eigenvalue weighted by atomic mass is 16.3. The van der Waals surface area contributed by atoms with Crippen LogP contribution in [0.4, 0.5) is 0 Å². The van der Waals surface area contributed by atoms with E-state index in [4.69, 9.17) is 9.40 Å². The van der Waals surface area contributed by atoms with Crippen LogP contribution in [-0.4, -0.2) is 20.8 Å². The van der Waals surface area contributed by atoms with Crippen LogP contribution >= 0.6 is 0 Å². The summed E-state index contributed by atoms with van der Waals surface area (Å²) in [5.74, 6) is 0.985. The average molecular weight is 369 g/mol. The van der Waals surface area contributed by atoms with Crippen LogP contribution in [0.25, 0.3) is 22.4 Å². The van der Waals surface area contributed by atoms with Crippen LogP contribution in [-0.2, 0) is 13.1 Å². The van der Waals surface area contributed by atoms with Crippen molar-refractivity contribution in [3.05, 3.63) is 82.9 Å². The molecule has 4 aromatic rings. The third kappa shape index (κ3) is 2.67. The maximum absolute atomic E-state index is 13.1. The fourth-order valence-corrected chi connectivity index (χ4v) is 3.70. The van der Waals surface area contributed by atoms with Crippen molar-refractivity contribution in [2.45, 2.75) is 26.9 Å². The molecule has 0 saturated carbocycles. The van der Waals surface area contributed by atoms with Gasteiger partial charge in [-0.2, -0.15) is 0 Å². The first kappa shape index (κ1) is 16.7. The van der Waals surface area contributed by atoms with Crippen molar-refractivity contribution in [2.75, 3.05) is 0 Å². The lowest BCUT2D eigenvalue weighted by atomic mass is 10.1. The van der Waals surface area contributed by atoms with Gasteiger partial charge in [-0.3, -0.25) is 4.79 Å². The largest absolute Gasteiger partial charge is 0.451 e. The molecule has 2 aromatic carbocycles. The van der Waals surface area contributed by atoms with Crippen LogP contribution in [0.2, 0.25) is 0 Å². The summed E-state index contributed by atoms with van der Waals surface area (Å²) in [7, 11) is 0. The molecule has 0 N–H and O–H groups in total. The van der Waals surface area contributed by atoms with Crippen molar-refractivity contribution in [3.8, 4) is 11.4 Å². The third-order valence-electron chi connectivity index (χ3n) is 5.26. The van der Waals surface area contributed by atoms with Gasteiger partial charge in [0.15, 0.2) is 11.6 Å². The number of furan rings is 1. The Hall–Kier alpha value is -3.47. The van der Waals surface area contributed by atoms with E-state index in [1.54, 1.807) is 4.90 Å². The average Bonchev–Trinajstić information content (AvgIpc) is 3.28. The van der Waals surface area contributed by atoms with E-state index < -0.39 is 0 Å². The predicted octanol–water partition coefficient (Wildman–Crippen LogP) is 4.66. The minimum absolute atomic E-state index is 0.106. The number of hydrogen-bond acceptors (Lipinski definition) is 4. The molecule has 1 amide bonds. The zero-order valence-electron chi connectivity index (χ0n) is 15.8. The Morgan fingerprint density at radius 3 is 2.71 bits per heavy atom. The molecule has 0 spiro atoms. The fraction of sp³-hybridized carbons (Fsp3) is 0.174. The monoisotopic (exact) mass is 369 g/mol. The highest BCUT2D eigenvalue weighted by molar-refractivity contribution is 5.99. The predicted molar refractivity (Wildman–Crippen MR) is 107 cm³/mol. The minimum Gasteiger partial charge on any atom is -0.451 e. The molecule has 138 valence electrons. The normalized spacial score (nSPS) is 13.1. The number of amides is 1. The molecular formula is C23H19N3O2. The van der Waals surface area contributed by atoms with E-state index in [9.17, 15) is 4.79 Å². The molecule has 5 nitrogen and oxygen atoms in total. The summed E-state index contributed by atoms with van der Waals surface area (Å²) in [5.41, 5.74) is 5.59. The summed E-state index contributed by atoms with van der Waals surface area (Å²) < 4.78 is 5.92. The summed E-state index contributed by atoms with van der Waals surface area (Å²) in [6, 6.07) is 15.9. The van der Waals surface area contributed by atoms with E-state index in [2.05, 4.69) is 4.98 Å². The van der Waals surface area contributed by atoms with E-state index in [0.29, 0.717) is 24.7 Å². The van der Waals surface area contributed by atoms with E-state index in [0.717, 1.165) is 38.9 Å². The summed E-state index contributed by atoms with van der Waals surface area (Å²) in [6.07, 6.45) is 1.83. The molecule has 5 heteroatoms. The van der Waals surface area contributed by atoms with Crippen LogP contribution in [0, 0.1) is 13.8 Å². The van der Waals surface area contributed by atoms with Crippen LogP contribution in [0.3, 0.4) is 0 Å². The van der Waals surface area contributed by atoms with Crippen molar-refractivity contribution in [1.29, 1.82) is 0 Å². The zero-order valence-corrected chi connectivity index (χ0v) is 15.8. The van der Waals surface area contributed by atoms with E-state index in [1.807, 2.05) is 68.6 Å². The molecule has 0 aliphatic carbocycles. The molecule has 1 aliphatic heterocycles. The highest BCUT2D eigenvalue weighted by Crippen LogP contribution is 2.30. The smallest absolute Gasteiger partial charge is 0.290 e. The Kier molecular flexibility index (Phi) is 3.76. The van der Waals surface area contributed by atoms with Crippen molar-refractivity contribution < 1.29 is 9.21 Å². The van der Waals surface area contributed by atoms with E-state index in [1.165, 1.54) is 0 Å². The van der Waals surface area contributed by atoms with Gasteiger partial charge in [-0.05, 0) is 25.5 Å². The van der Waals surface area contributed by atoms with Gasteiger partial charge in [0.25, 0.3) is 5.91 Å². The van der Waals surface area contributed by atoms with Gasteiger partial charge in [0.1, 0.15) is 5.58 Å². The van der Waals surface area contributed by atoms with Crippen LogP contribution < -0.4 is 0 Å². The number of fused-ring (bicyclic) bond motifs is 2. The molecular weight excluding hydrogens is 350 g/mol. The van der Waals surface area contributed by atoms with Crippen molar-refractivity contribution in [1.82, 2.24) is 14.9 Å². The van der Waals surface area contributed by atoms with Gasteiger partial charge in [-0.25, -0.2) is 9.97 Å². The number of benzene rings is 2. The standard InChI is InChI=1S/C23H19N3O2/c1-14-8-9-18-15(2)21(28-20(18)10-14)23(27)26-12-17-11-24-22(25-19(17)13-26)16-6-4-3-5-7-16/h3-11H,12-13H2,1-2H3. The number of carbonyl (C=O) groups excluding carboxylic acids is 1. The summed E-state index contributed by atoms with van der Waals surface area (Å²) in [4.78, 5) is 24.1. The molecule has 0 bridgehead atoms. The molecule has 2 aromatic heterocycles. The van der Waals surface area contributed by atoms with Gasteiger partial charge >= 0.3 is 0 Å². The maximum Gasteiger partial charge on any atom is 0.290 e. The van der Waals surface area contributed by atoms with Gasteiger partial charge in [-0.1, -0.05) is 42.5 Å². The summed E-state index contributed by atoms with van der Waals surface area (Å²) in [6.45, 7) is 4.91. The van der Waals surface area contributed by atoms with Crippen molar-refractivity contribution in [2.24, 2.45) is 0 Å². The molecule has 0 atom stereocenters. The Labute approximate surface area is 162 Å². The second-order valence-electron chi connectivity index (χ2n) is 7.25. The van der Waals surface area contributed by atoms with Crippen LogP contribution in [0.15, 0.2) is 59.1 Å². The molecule has 0 unspecified atom stereocenters. The lowest BCUT2D eigenvalue weighted by Gasteiger charge is -2.13. The SMILES string of the molecule is Cc1ccc2c(C)c(C(=O)N3Cc4cnc(-c5ccccc5)nc4C3)oc2c1. The first-order chi connectivity index (χ1) is 13.6. The maximum atomic E-state index is 13.1. The zero-order chi connectivity index (χ0) is 19.3. The van der Waals surface area contributed by atoms with E-state index >= 15 is 0 Å². The Balaban J connectivity index is 1.45. The number of hydrogen-bond donors (Lipinski definition) is 0. The van der Waals surface area contributed by atoms with Crippen LogP contribution in [0.5, 0.6) is 0 Å².